The van der Waals surface area contributed by atoms with Crippen LogP contribution in [0.25, 0.3) is 0 Å². The Morgan fingerprint density at radius 2 is 2.22 bits per heavy atom. The second-order valence-corrected chi connectivity index (χ2v) is 4.97. The molecule has 0 fully saturated rings. The van der Waals surface area contributed by atoms with E-state index < -0.39 is 36.6 Å². The Balaban J connectivity index is 2.56. The monoisotopic (exact) mass is 333 g/mol. The second-order valence-electron chi connectivity index (χ2n) is 4.97. The van der Waals surface area contributed by atoms with Crippen LogP contribution in [0.2, 0.25) is 0 Å². The Kier molecular flexibility index (Phi) is 4.35. The molecule has 2 atom stereocenters. The van der Waals surface area contributed by atoms with Crippen molar-refractivity contribution in [3.8, 4) is 0 Å². The summed E-state index contributed by atoms with van der Waals surface area (Å²) >= 11 is 0. The molecule has 0 unspecified atom stereocenters. The number of alkyl halides is 3. The van der Waals surface area contributed by atoms with Gasteiger partial charge in [0.25, 0.3) is 0 Å². The van der Waals surface area contributed by atoms with Gasteiger partial charge in [0.05, 0.1) is 23.5 Å². The van der Waals surface area contributed by atoms with Crippen LogP contribution in [0.3, 0.4) is 0 Å². The molecule has 0 bridgehead atoms. The van der Waals surface area contributed by atoms with Gasteiger partial charge in [0, 0.05) is 13.5 Å². The molecule has 1 N–H and O–H groups in total. The molecular weight excluding hydrogens is 319 g/mol. The first-order valence-corrected chi connectivity index (χ1v) is 6.55. The number of nitrogens with zero attached hydrogens (tertiary/aromatic N) is 3. The number of hydrogen-bond donors (Lipinski definition) is 1. The van der Waals surface area contributed by atoms with Gasteiger partial charge in [-0.15, -0.1) is 0 Å². The summed E-state index contributed by atoms with van der Waals surface area (Å²) in [6, 6.07) is -2.53. The lowest BCUT2D eigenvalue weighted by molar-refractivity contribution is -0.174. The van der Waals surface area contributed by atoms with Crippen LogP contribution in [0.4, 0.5) is 23.7 Å². The number of aromatic nitrogens is 2. The van der Waals surface area contributed by atoms with Crippen molar-refractivity contribution in [2.75, 3.05) is 11.5 Å². The number of carboxylic acids is 1. The van der Waals surface area contributed by atoms with Crippen molar-refractivity contribution in [3.05, 3.63) is 24.5 Å². The van der Waals surface area contributed by atoms with E-state index in [4.69, 9.17) is 0 Å². The van der Waals surface area contributed by atoms with Gasteiger partial charge in [-0.3, -0.25) is 14.4 Å². The Hall–Kier alpha value is -2.52. The molecule has 0 spiro atoms. The molecule has 0 saturated carbocycles. The molecule has 1 amide bonds. The summed E-state index contributed by atoms with van der Waals surface area (Å²) in [5.41, 5.74) is 0.106. The van der Waals surface area contributed by atoms with E-state index in [0.29, 0.717) is 4.90 Å². The molecule has 7 nitrogen and oxygen atoms in total. The minimum atomic E-state index is -4.94. The van der Waals surface area contributed by atoms with E-state index in [1.54, 1.807) is 0 Å². The Bertz CT molecular complexity index is 641. The van der Waals surface area contributed by atoms with Gasteiger partial charge in [0.1, 0.15) is 12.6 Å². The minimum absolute atomic E-state index is 0.110. The zero-order valence-corrected chi connectivity index (χ0v) is 12.1. The van der Waals surface area contributed by atoms with Crippen LogP contribution < -0.4 is 4.90 Å². The highest BCUT2D eigenvalue weighted by atomic mass is 19.4. The van der Waals surface area contributed by atoms with Crippen molar-refractivity contribution in [2.24, 2.45) is 13.0 Å². The topological polar surface area (TPSA) is 84.7 Å². The quantitative estimate of drug-likeness (QED) is 0.852. The summed E-state index contributed by atoms with van der Waals surface area (Å²) < 4.78 is 46.2. The highest BCUT2D eigenvalue weighted by Crippen LogP contribution is 2.41. The smallest absolute Gasteiger partial charge is 0.415 e. The summed E-state index contributed by atoms with van der Waals surface area (Å²) in [4.78, 5) is 23.7. The largest absolute Gasteiger partial charge is 0.481 e. The van der Waals surface area contributed by atoms with E-state index >= 15 is 0 Å². The van der Waals surface area contributed by atoms with Gasteiger partial charge >= 0.3 is 18.2 Å². The number of fused-ring (bicyclic) bond motifs is 1. The standard InChI is InChI=1S/C13H14F3N3O4/c1-3-4-23-12(22)19-9-6-17-18(2)8(9)5-7(11(20)21)10(19)13(14,15)16/h3,6-7,10H,1,4-5H2,2H3,(H,20,21)/t7-,10-/m0/s1. The van der Waals surface area contributed by atoms with Crippen LogP contribution in [-0.2, 0) is 23.0 Å². The fraction of sp³-hybridized carbons (Fsp3) is 0.462. The van der Waals surface area contributed by atoms with Crippen molar-refractivity contribution >= 4 is 17.7 Å². The van der Waals surface area contributed by atoms with Crippen molar-refractivity contribution < 1.29 is 32.6 Å². The lowest BCUT2D eigenvalue weighted by Gasteiger charge is -2.39. The number of ether oxygens (including phenoxy) is 1. The van der Waals surface area contributed by atoms with Crippen LogP contribution in [0.5, 0.6) is 0 Å². The number of carbonyl (C=O) groups excluding carboxylic acids is 1. The summed E-state index contributed by atoms with van der Waals surface area (Å²) in [5.74, 6) is -3.50. The Labute approximate surface area is 128 Å². The van der Waals surface area contributed by atoms with Crippen LogP contribution >= 0.6 is 0 Å². The summed E-state index contributed by atoms with van der Waals surface area (Å²) in [5, 5.41) is 13.0. The van der Waals surface area contributed by atoms with Crippen molar-refractivity contribution in [2.45, 2.75) is 18.6 Å². The predicted octanol–water partition coefficient (Wildman–Crippen LogP) is 1.74. The molecule has 1 aliphatic rings. The minimum Gasteiger partial charge on any atom is -0.481 e. The van der Waals surface area contributed by atoms with E-state index in [0.717, 1.165) is 6.20 Å². The normalized spacial score (nSPS) is 20.8. The van der Waals surface area contributed by atoms with Crippen LogP contribution in [0.15, 0.2) is 18.9 Å². The number of anilines is 1. The van der Waals surface area contributed by atoms with Gasteiger partial charge in [-0.1, -0.05) is 12.7 Å². The molecule has 1 aromatic heterocycles. The van der Waals surface area contributed by atoms with Crippen molar-refractivity contribution in [1.82, 2.24) is 9.78 Å². The molecule has 23 heavy (non-hydrogen) atoms. The molecule has 2 rings (SSSR count). The molecule has 0 radical (unpaired) electrons. The van der Waals surface area contributed by atoms with E-state index in [-0.39, 0.29) is 18.0 Å². The predicted molar refractivity (Wildman–Crippen MR) is 71.9 cm³/mol. The van der Waals surface area contributed by atoms with Gasteiger partial charge in [0.15, 0.2) is 0 Å². The maximum absolute atomic E-state index is 13.4. The number of amides is 1. The number of carbonyl (C=O) groups is 2. The number of aliphatic carboxylic acids is 1. The average Bonchev–Trinajstić information content (AvgIpc) is 2.83. The first-order chi connectivity index (χ1) is 10.7. The molecule has 1 aliphatic heterocycles. The Morgan fingerprint density at radius 3 is 2.74 bits per heavy atom. The van der Waals surface area contributed by atoms with Crippen LogP contribution in [-0.4, -0.2) is 45.8 Å². The fourth-order valence-electron chi connectivity index (χ4n) is 2.55. The molecule has 126 valence electrons. The fourth-order valence-corrected chi connectivity index (χ4v) is 2.55. The molecule has 0 aromatic carbocycles. The number of halogens is 3. The molecule has 1 aromatic rings. The zero-order chi connectivity index (χ0) is 17.4. The van der Waals surface area contributed by atoms with Crippen molar-refractivity contribution in [1.29, 1.82) is 0 Å². The third kappa shape index (κ3) is 3.01. The van der Waals surface area contributed by atoms with Gasteiger partial charge in [0.2, 0.25) is 0 Å². The SMILES string of the molecule is C=CCOC(=O)N1c2cnn(C)c2C[C@H](C(=O)O)[C@H]1C(F)(F)F. The molecule has 0 saturated heterocycles. The first kappa shape index (κ1) is 16.8. The number of hydrogen-bond acceptors (Lipinski definition) is 4. The first-order valence-electron chi connectivity index (χ1n) is 6.55. The van der Waals surface area contributed by atoms with Gasteiger partial charge in [-0.25, -0.2) is 4.79 Å². The van der Waals surface area contributed by atoms with Crippen molar-refractivity contribution in [3.63, 3.8) is 0 Å². The molecule has 2 heterocycles. The molecular formula is C13H14F3N3O4. The highest BCUT2D eigenvalue weighted by Gasteiger charge is 2.56. The van der Waals surface area contributed by atoms with E-state index in [2.05, 4.69) is 16.4 Å². The number of rotatable bonds is 3. The third-order valence-corrected chi connectivity index (χ3v) is 3.55. The number of aryl methyl sites for hydroxylation is 1. The summed E-state index contributed by atoms with van der Waals surface area (Å²) in [6.45, 7) is 3.01. The molecule has 10 heteroatoms. The van der Waals surface area contributed by atoms with Gasteiger partial charge < -0.3 is 9.84 Å². The zero-order valence-electron chi connectivity index (χ0n) is 12.1. The van der Waals surface area contributed by atoms with Crippen LogP contribution in [0.1, 0.15) is 5.69 Å². The van der Waals surface area contributed by atoms with Gasteiger partial charge in [-0.2, -0.15) is 18.3 Å². The summed E-state index contributed by atoms with van der Waals surface area (Å²) in [7, 11) is 1.46. The lowest BCUT2D eigenvalue weighted by Crippen LogP contribution is -2.58. The second kappa shape index (κ2) is 5.94. The number of carboxylic acid groups (broad SMARTS) is 1. The maximum Gasteiger partial charge on any atom is 0.415 e. The molecule has 0 aliphatic carbocycles. The van der Waals surface area contributed by atoms with E-state index in [1.807, 2.05) is 0 Å². The lowest BCUT2D eigenvalue weighted by atomic mass is 9.88. The average molecular weight is 333 g/mol. The van der Waals surface area contributed by atoms with E-state index in [1.165, 1.54) is 17.8 Å². The Morgan fingerprint density at radius 1 is 1.57 bits per heavy atom. The third-order valence-electron chi connectivity index (χ3n) is 3.55. The van der Waals surface area contributed by atoms with Gasteiger partial charge in [-0.05, 0) is 0 Å². The highest BCUT2D eigenvalue weighted by molar-refractivity contribution is 5.92. The maximum atomic E-state index is 13.4. The van der Waals surface area contributed by atoms with Crippen LogP contribution in [0, 0.1) is 5.92 Å². The summed E-state index contributed by atoms with van der Waals surface area (Å²) in [6.07, 6.45) is -4.35. The van der Waals surface area contributed by atoms with E-state index in [9.17, 15) is 27.9 Å².